The molecule has 3 aromatic rings. The summed E-state index contributed by atoms with van der Waals surface area (Å²) < 4.78 is 7.00. The van der Waals surface area contributed by atoms with Crippen molar-refractivity contribution in [3.05, 3.63) is 115 Å². The maximum Gasteiger partial charge on any atom is 0.346 e. The maximum atomic E-state index is 7.00. The summed E-state index contributed by atoms with van der Waals surface area (Å²) in [6, 6.07) is 31.9. The quantitative estimate of drug-likeness (QED) is 0.257. The molecule has 3 aromatic carbocycles. The van der Waals surface area contributed by atoms with Gasteiger partial charge in [-0.05, 0) is 29.4 Å². The first-order chi connectivity index (χ1) is 13.2. The van der Waals surface area contributed by atoms with Crippen LogP contribution in [0.4, 0.5) is 0 Å². The fourth-order valence-electron chi connectivity index (χ4n) is 3.39. The largest absolute Gasteiger partial charge is 0.534 e. The van der Waals surface area contributed by atoms with Gasteiger partial charge in [-0.2, -0.15) is 0 Å². The molecule has 136 valence electrons. The molecule has 2 heteroatoms. The Balaban J connectivity index is 2.27. The average Bonchev–Trinajstić information content (AvgIpc) is 2.73. The first-order valence-electron chi connectivity index (χ1n) is 9.32. The SMILES string of the molecule is C=C(C)CC(=CC)O[Si](c1ccccc1)(c1ccccc1)c1ccccc1. The van der Waals surface area contributed by atoms with Crippen molar-refractivity contribution in [1.82, 2.24) is 0 Å². The van der Waals surface area contributed by atoms with Crippen molar-refractivity contribution in [2.75, 3.05) is 0 Å². The predicted octanol–water partition coefficient (Wildman–Crippen LogP) is 4.54. The van der Waals surface area contributed by atoms with Crippen LogP contribution in [-0.2, 0) is 4.43 Å². The topological polar surface area (TPSA) is 9.23 Å². The molecule has 3 rings (SSSR count). The molecular weight excluding hydrogens is 344 g/mol. The molecular formula is C25H26OSi. The van der Waals surface area contributed by atoms with Crippen LogP contribution >= 0.6 is 0 Å². The van der Waals surface area contributed by atoms with Gasteiger partial charge in [0.2, 0.25) is 0 Å². The molecule has 0 aliphatic carbocycles. The molecule has 0 N–H and O–H groups in total. The monoisotopic (exact) mass is 370 g/mol. The highest BCUT2D eigenvalue weighted by molar-refractivity contribution is 7.07. The summed E-state index contributed by atoms with van der Waals surface area (Å²) >= 11 is 0. The van der Waals surface area contributed by atoms with E-state index in [-0.39, 0.29) is 0 Å². The van der Waals surface area contributed by atoms with Crippen molar-refractivity contribution in [1.29, 1.82) is 0 Å². The van der Waals surface area contributed by atoms with Gasteiger partial charge in [-0.3, -0.25) is 0 Å². The molecule has 0 aromatic heterocycles. The van der Waals surface area contributed by atoms with Crippen LogP contribution in [0.3, 0.4) is 0 Å². The molecule has 0 heterocycles. The summed E-state index contributed by atoms with van der Waals surface area (Å²) in [6.07, 6.45) is 2.82. The molecule has 0 amide bonds. The zero-order valence-corrected chi connectivity index (χ0v) is 17.1. The average molecular weight is 371 g/mol. The Bertz CT molecular complexity index is 802. The van der Waals surface area contributed by atoms with Gasteiger partial charge in [0.1, 0.15) is 0 Å². The molecule has 27 heavy (non-hydrogen) atoms. The lowest BCUT2D eigenvalue weighted by molar-refractivity contribution is 0.423. The van der Waals surface area contributed by atoms with E-state index in [9.17, 15) is 0 Å². The van der Waals surface area contributed by atoms with E-state index < -0.39 is 8.32 Å². The Morgan fingerprint density at radius 1 is 0.778 bits per heavy atom. The third-order valence-corrected chi connectivity index (χ3v) is 8.63. The number of allylic oxidation sites excluding steroid dienone is 2. The van der Waals surface area contributed by atoms with Crippen molar-refractivity contribution in [2.24, 2.45) is 0 Å². The zero-order valence-electron chi connectivity index (χ0n) is 16.1. The van der Waals surface area contributed by atoms with Crippen LogP contribution in [0.15, 0.2) is 115 Å². The fraction of sp³-hybridized carbons (Fsp3) is 0.120. The second kappa shape index (κ2) is 8.70. The Morgan fingerprint density at radius 3 is 1.44 bits per heavy atom. The zero-order chi connectivity index (χ0) is 19.1. The smallest absolute Gasteiger partial charge is 0.346 e. The number of benzene rings is 3. The number of hydrogen-bond acceptors (Lipinski definition) is 1. The minimum absolute atomic E-state index is 0.748. The molecule has 0 fully saturated rings. The lowest BCUT2D eigenvalue weighted by Crippen LogP contribution is -2.69. The van der Waals surface area contributed by atoms with Crippen LogP contribution in [-0.4, -0.2) is 8.32 Å². The lowest BCUT2D eigenvalue weighted by atomic mass is 10.2. The van der Waals surface area contributed by atoms with Gasteiger partial charge >= 0.3 is 8.32 Å². The molecule has 0 aliphatic heterocycles. The molecule has 0 saturated heterocycles. The van der Waals surface area contributed by atoms with Crippen molar-refractivity contribution in [3.63, 3.8) is 0 Å². The van der Waals surface area contributed by atoms with Gasteiger partial charge in [0, 0.05) is 6.42 Å². The van der Waals surface area contributed by atoms with E-state index in [1.165, 1.54) is 15.6 Å². The first-order valence-corrected chi connectivity index (χ1v) is 11.2. The minimum atomic E-state index is -2.68. The second-order valence-corrected chi connectivity index (χ2v) is 10.1. The number of rotatable bonds is 7. The van der Waals surface area contributed by atoms with E-state index in [1.54, 1.807) is 0 Å². The van der Waals surface area contributed by atoms with Gasteiger partial charge in [0.05, 0.1) is 5.76 Å². The third kappa shape index (κ3) is 4.12. The Kier molecular flexibility index (Phi) is 6.10. The van der Waals surface area contributed by atoms with E-state index in [1.807, 2.05) is 13.8 Å². The molecule has 0 spiro atoms. The standard InChI is InChI=1S/C25H26OSi/c1-4-22(20-21(2)3)26-27(23-14-8-5-9-15-23,24-16-10-6-11-17-24)25-18-12-7-13-19-25/h4-19H,2,20H2,1,3H3. The fourth-order valence-corrected chi connectivity index (χ4v) is 7.31. The van der Waals surface area contributed by atoms with Crippen LogP contribution < -0.4 is 15.6 Å². The van der Waals surface area contributed by atoms with Gasteiger partial charge in [0.15, 0.2) is 0 Å². The van der Waals surface area contributed by atoms with Crippen LogP contribution in [0.25, 0.3) is 0 Å². The summed E-state index contributed by atoms with van der Waals surface area (Å²) in [6.45, 7) is 8.17. The van der Waals surface area contributed by atoms with Gasteiger partial charge in [-0.15, -0.1) is 0 Å². The summed E-state index contributed by atoms with van der Waals surface area (Å²) in [5, 5.41) is 3.72. The number of hydrogen-bond donors (Lipinski definition) is 0. The Labute approximate surface area is 163 Å². The third-order valence-electron chi connectivity index (χ3n) is 4.62. The van der Waals surface area contributed by atoms with Gasteiger partial charge in [0.25, 0.3) is 0 Å². The molecule has 0 unspecified atom stereocenters. The van der Waals surface area contributed by atoms with Gasteiger partial charge < -0.3 is 4.43 Å². The highest BCUT2D eigenvalue weighted by atomic mass is 28.4. The van der Waals surface area contributed by atoms with Gasteiger partial charge in [-0.25, -0.2) is 0 Å². The van der Waals surface area contributed by atoms with Gasteiger partial charge in [-0.1, -0.05) is 109 Å². The second-order valence-electron chi connectivity index (χ2n) is 6.77. The van der Waals surface area contributed by atoms with Crippen molar-refractivity contribution in [2.45, 2.75) is 20.3 Å². The Morgan fingerprint density at radius 2 is 1.15 bits per heavy atom. The lowest BCUT2D eigenvalue weighted by Gasteiger charge is -2.34. The first kappa shape index (κ1) is 18.9. The summed E-state index contributed by atoms with van der Waals surface area (Å²) in [7, 11) is -2.68. The van der Waals surface area contributed by atoms with Crippen molar-refractivity contribution < 1.29 is 4.43 Å². The van der Waals surface area contributed by atoms with E-state index in [2.05, 4.69) is 104 Å². The predicted molar refractivity (Wildman–Crippen MR) is 118 cm³/mol. The molecule has 0 aliphatic rings. The van der Waals surface area contributed by atoms with E-state index in [0.717, 1.165) is 17.8 Å². The normalized spacial score (nSPS) is 11.9. The molecule has 0 radical (unpaired) electrons. The van der Waals surface area contributed by atoms with Crippen molar-refractivity contribution in [3.8, 4) is 0 Å². The summed E-state index contributed by atoms with van der Waals surface area (Å²) in [5.74, 6) is 0.978. The van der Waals surface area contributed by atoms with E-state index in [0.29, 0.717) is 0 Å². The molecule has 0 bridgehead atoms. The molecule has 1 nitrogen and oxygen atoms in total. The van der Waals surface area contributed by atoms with E-state index in [4.69, 9.17) is 4.43 Å². The minimum Gasteiger partial charge on any atom is -0.534 e. The van der Waals surface area contributed by atoms with Crippen LogP contribution in [0.5, 0.6) is 0 Å². The van der Waals surface area contributed by atoms with Crippen molar-refractivity contribution >= 4 is 23.9 Å². The highest BCUT2D eigenvalue weighted by Gasteiger charge is 2.44. The molecule has 0 saturated carbocycles. The maximum absolute atomic E-state index is 7.00. The van der Waals surface area contributed by atoms with Crippen LogP contribution in [0.1, 0.15) is 20.3 Å². The van der Waals surface area contributed by atoms with Crippen LogP contribution in [0.2, 0.25) is 0 Å². The molecule has 0 atom stereocenters. The summed E-state index contributed by atoms with van der Waals surface area (Å²) in [4.78, 5) is 0. The highest BCUT2D eigenvalue weighted by Crippen LogP contribution is 2.18. The summed E-state index contributed by atoms with van der Waals surface area (Å²) in [5.41, 5.74) is 1.10. The van der Waals surface area contributed by atoms with E-state index >= 15 is 0 Å². The Hall–Kier alpha value is -2.84. The van der Waals surface area contributed by atoms with Crippen LogP contribution in [0, 0.1) is 0 Å².